The summed E-state index contributed by atoms with van der Waals surface area (Å²) in [6.45, 7) is 0.969. The van der Waals surface area contributed by atoms with E-state index in [1.807, 2.05) is 0 Å². The number of benzene rings is 1. The van der Waals surface area contributed by atoms with E-state index in [4.69, 9.17) is 5.73 Å². The van der Waals surface area contributed by atoms with Gasteiger partial charge >= 0.3 is 5.97 Å². The van der Waals surface area contributed by atoms with Crippen LogP contribution in [-0.2, 0) is 14.8 Å². The average molecular weight is 353 g/mol. The number of carbonyl (C=O) groups is 1. The lowest BCUT2D eigenvalue weighted by Crippen LogP contribution is -2.31. The number of hydrogen-bond donors (Lipinski definition) is 1. The Hall–Kier alpha value is -1.22. The van der Waals surface area contributed by atoms with E-state index in [9.17, 15) is 17.6 Å². The van der Waals surface area contributed by atoms with Crippen LogP contribution in [-0.4, -0.2) is 45.4 Å². The molecule has 1 unspecified atom stereocenters. The first-order chi connectivity index (χ1) is 9.91. The van der Waals surface area contributed by atoms with Crippen LogP contribution in [0.5, 0.6) is 0 Å². The maximum atomic E-state index is 13.8. The van der Waals surface area contributed by atoms with Crippen molar-refractivity contribution in [3.63, 3.8) is 0 Å². The van der Waals surface area contributed by atoms with E-state index in [0.29, 0.717) is 19.5 Å². The smallest absolute Gasteiger partial charge is 0.342 e. The minimum atomic E-state index is -3.95. The van der Waals surface area contributed by atoms with Crippen LogP contribution in [0, 0.1) is 11.7 Å². The van der Waals surface area contributed by atoms with Crippen molar-refractivity contribution in [1.29, 1.82) is 0 Å². The summed E-state index contributed by atoms with van der Waals surface area (Å²) in [7, 11) is -2.88. The van der Waals surface area contributed by atoms with Gasteiger partial charge in [-0.1, -0.05) is 6.07 Å². The molecule has 0 saturated carbocycles. The predicted molar refractivity (Wildman–Crippen MR) is 80.9 cm³/mol. The van der Waals surface area contributed by atoms with Crippen molar-refractivity contribution in [2.75, 3.05) is 26.7 Å². The molecule has 1 aliphatic heterocycles. The first kappa shape index (κ1) is 18.8. The molecule has 1 atom stereocenters. The minimum Gasteiger partial charge on any atom is -0.465 e. The highest BCUT2D eigenvalue weighted by Crippen LogP contribution is 2.27. The highest BCUT2D eigenvalue weighted by atomic mass is 35.5. The van der Waals surface area contributed by atoms with Gasteiger partial charge in [0.25, 0.3) is 0 Å². The molecule has 1 aliphatic rings. The minimum absolute atomic E-state index is 0. The van der Waals surface area contributed by atoms with Gasteiger partial charge in [-0.25, -0.2) is 17.6 Å². The number of esters is 1. The van der Waals surface area contributed by atoms with E-state index in [0.717, 1.165) is 13.2 Å². The van der Waals surface area contributed by atoms with Crippen LogP contribution in [0.2, 0.25) is 0 Å². The number of ether oxygens (including phenoxy) is 1. The van der Waals surface area contributed by atoms with E-state index in [1.54, 1.807) is 0 Å². The van der Waals surface area contributed by atoms with E-state index in [2.05, 4.69) is 4.74 Å². The Kier molecular flexibility index (Phi) is 6.30. The van der Waals surface area contributed by atoms with Crippen molar-refractivity contribution >= 4 is 28.4 Å². The van der Waals surface area contributed by atoms with Crippen LogP contribution >= 0.6 is 12.4 Å². The normalized spacial score (nSPS) is 18.8. The van der Waals surface area contributed by atoms with Gasteiger partial charge < -0.3 is 10.5 Å². The van der Waals surface area contributed by atoms with E-state index in [-0.39, 0.29) is 29.8 Å². The van der Waals surface area contributed by atoms with Crippen molar-refractivity contribution in [2.24, 2.45) is 11.7 Å². The van der Waals surface area contributed by atoms with Crippen LogP contribution in [0.15, 0.2) is 23.1 Å². The van der Waals surface area contributed by atoms with Gasteiger partial charge in [-0.3, -0.25) is 0 Å². The lowest BCUT2D eigenvalue weighted by atomic mass is 10.1. The van der Waals surface area contributed by atoms with Crippen LogP contribution in [0.1, 0.15) is 16.8 Å². The van der Waals surface area contributed by atoms with Crippen LogP contribution in [0.4, 0.5) is 4.39 Å². The Labute approximate surface area is 134 Å². The molecule has 2 rings (SSSR count). The maximum Gasteiger partial charge on any atom is 0.342 e. The quantitative estimate of drug-likeness (QED) is 0.816. The molecule has 2 N–H and O–H groups in total. The van der Waals surface area contributed by atoms with E-state index >= 15 is 0 Å². The molecule has 0 bridgehead atoms. The van der Waals surface area contributed by atoms with Crippen molar-refractivity contribution in [3.8, 4) is 0 Å². The van der Waals surface area contributed by atoms with Gasteiger partial charge in [0.2, 0.25) is 10.0 Å². The van der Waals surface area contributed by atoms with E-state index < -0.39 is 27.4 Å². The molecule has 0 aromatic heterocycles. The molecule has 1 saturated heterocycles. The monoisotopic (exact) mass is 352 g/mol. The Morgan fingerprint density at radius 2 is 2.18 bits per heavy atom. The highest BCUT2D eigenvalue weighted by Gasteiger charge is 2.35. The van der Waals surface area contributed by atoms with Crippen LogP contribution in [0.3, 0.4) is 0 Å². The molecule has 1 fully saturated rings. The fourth-order valence-corrected chi connectivity index (χ4v) is 4.09. The number of rotatable bonds is 4. The summed E-state index contributed by atoms with van der Waals surface area (Å²) < 4.78 is 44.7. The lowest BCUT2D eigenvalue weighted by Gasteiger charge is -2.18. The summed E-state index contributed by atoms with van der Waals surface area (Å²) in [5, 5.41) is 0. The second-order valence-corrected chi connectivity index (χ2v) is 6.76. The summed E-state index contributed by atoms with van der Waals surface area (Å²) >= 11 is 0. The summed E-state index contributed by atoms with van der Waals surface area (Å²) in [5.74, 6) is -1.85. The Morgan fingerprint density at radius 3 is 2.73 bits per heavy atom. The Morgan fingerprint density at radius 1 is 1.50 bits per heavy atom. The van der Waals surface area contributed by atoms with Gasteiger partial charge in [0.1, 0.15) is 11.4 Å². The molecule has 6 nitrogen and oxygen atoms in total. The van der Waals surface area contributed by atoms with Crippen molar-refractivity contribution in [2.45, 2.75) is 11.3 Å². The number of nitrogens with two attached hydrogens (primary N) is 1. The molecule has 0 aliphatic carbocycles. The Bertz CT molecular complexity index is 653. The average Bonchev–Trinajstić information content (AvgIpc) is 2.96. The molecule has 1 heterocycles. The largest absolute Gasteiger partial charge is 0.465 e. The van der Waals surface area contributed by atoms with Gasteiger partial charge in [-0.05, 0) is 31.0 Å². The fraction of sp³-hybridized carbons (Fsp3) is 0.462. The summed E-state index contributed by atoms with van der Waals surface area (Å²) in [5.41, 5.74) is 4.99. The fourth-order valence-electron chi connectivity index (χ4n) is 2.37. The molecule has 1 aromatic rings. The molecule has 0 radical (unpaired) electrons. The SMILES string of the molecule is COC(=O)c1c(F)cccc1S(=O)(=O)N1CCC(CN)C1.Cl. The van der Waals surface area contributed by atoms with Crippen LogP contribution in [0.25, 0.3) is 0 Å². The molecular weight excluding hydrogens is 335 g/mol. The second kappa shape index (κ2) is 7.36. The molecule has 22 heavy (non-hydrogen) atoms. The Balaban J connectivity index is 0.00000242. The number of carbonyl (C=O) groups excluding carboxylic acids is 1. The van der Waals surface area contributed by atoms with Crippen molar-refractivity contribution in [1.82, 2.24) is 4.31 Å². The first-order valence-corrected chi connectivity index (χ1v) is 7.93. The van der Waals surface area contributed by atoms with Gasteiger partial charge in [0.15, 0.2) is 0 Å². The summed E-state index contributed by atoms with van der Waals surface area (Å²) in [4.78, 5) is 11.3. The summed E-state index contributed by atoms with van der Waals surface area (Å²) in [6, 6.07) is 3.49. The zero-order valence-electron chi connectivity index (χ0n) is 12.0. The zero-order chi connectivity index (χ0) is 15.6. The molecule has 1 aromatic carbocycles. The molecule has 0 amide bonds. The standard InChI is InChI=1S/C13H17FN2O4S.ClH/c1-20-13(17)12-10(14)3-2-4-11(12)21(18,19)16-6-5-9(7-15)8-16;/h2-4,9H,5-8,15H2,1H3;1H. The molecular formula is C13H18ClFN2O4S. The number of halogens is 2. The number of nitrogens with zero attached hydrogens (tertiary/aromatic N) is 1. The highest BCUT2D eigenvalue weighted by molar-refractivity contribution is 7.89. The first-order valence-electron chi connectivity index (χ1n) is 6.48. The maximum absolute atomic E-state index is 13.8. The van der Waals surface area contributed by atoms with Crippen molar-refractivity contribution in [3.05, 3.63) is 29.6 Å². The van der Waals surface area contributed by atoms with Crippen LogP contribution < -0.4 is 5.73 Å². The number of methoxy groups -OCH3 is 1. The topological polar surface area (TPSA) is 89.7 Å². The lowest BCUT2D eigenvalue weighted by molar-refractivity contribution is 0.0590. The van der Waals surface area contributed by atoms with Gasteiger partial charge in [0.05, 0.1) is 12.0 Å². The van der Waals surface area contributed by atoms with Crippen molar-refractivity contribution < 1.29 is 22.3 Å². The predicted octanol–water partition coefficient (Wildman–Crippen LogP) is 1.00. The summed E-state index contributed by atoms with van der Waals surface area (Å²) in [6.07, 6.45) is 0.651. The number of sulfonamides is 1. The number of hydrogen-bond acceptors (Lipinski definition) is 5. The third-order valence-corrected chi connectivity index (χ3v) is 5.47. The van der Waals surface area contributed by atoms with Gasteiger partial charge in [-0.15, -0.1) is 12.4 Å². The third kappa shape index (κ3) is 3.40. The zero-order valence-corrected chi connectivity index (χ0v) is 13.6. The third-order valence-electron chi connectivity index (χ3n) is 3.56. The van der Waals surface area contributed by atoms with Gasteiger partial charge in [-0.2, -0.15) is 4.31 Å². The molecule has 9 heteroatoms. The molecule has 124 valence electrons. The second-order valence-electron chi connectivity index (χ2n) is 4.86. The van der Waals surface area contributed by atoms with E-state index in [1.165, 1.54) is 16.4 Å². The molecule has 0 spiro atoms. The van der Waals surface area contributed by atoms with Gasteiger partial charge in [0, 0.05) is 13.1 Å².